The van der Waals surface area contributed by atoms with Gasteiger partial charge in [0.05, 0.1) is 24.2 Å². The minimum absolute atomic E-state index is 0.214. The van der Waals surface area contributed by atoms with Crippen molar-refractivity contribution in [2.45, 2.75) is 6.54 Å². The molecule has 1 aliphatic rings. The van der Waals surface area contributed by atoms with Gasteiger partial charge in [0, 0.05) is 37.7 Å². The highest BCUT2D eigenvalue weighted by atomic mass is 35.5. The third-order valence-corrected chi connectivity index (χ3v) is 5.45. The Morgan fingerprint density at radius 1 is 1.11 bits per heavy atom. The summed E-state index contributed by atoms with van der Waals surface area (Å²) in [4.78, 5) is 17.9. The van der Waals surface area contributed by atoms with Gasteiger partial charge in [0.25, 0.3) is 0 Å². The molecule has 6 heteroatoms. The summed E-state index contributed by atoms with van der Waals surface area (Å²) in [6.07, 6.45) is 1.91. The van der Waals surface area contributed by atoms with Crippen molar-refractivity contribution in [3.63, 3.8) is 0 Å². The summed E-state index contributed by atoms with van der Waals surface area (Å²) >= 11 is 12.7. The van der Waals surface area contributed by atoms with Gasteiger partial charge in [-0.25, -0.2) is 4.98 Å². The molecule has 136 valence electrons. The SMILES string of the molecule is C[NH+]1C/C(=C\c2c(Cl)cccc2Cl)c2nc3ccccc3c(C(=O)[O-])c2C1. The van der Waals surface area contributed by atoms with Crippen LogP contribution in [0.15, 0.2) is 42.5 Å². The molecule has 1 aromatic heterocycles. The lowest BCUT2D eigenvalue weighted by molar-refractivity contribution is -0.887. The molecule has 1 N–H and O–H groups in total. The Morgan fingerprint density at radius 2 is 1.81 bits per heavy atom. The molecule has 0 saturated heterocycles. The minimum atomic E-state index is -1.19. The topological polar surface area (TPSA) is 57.5 Å². The lowest BCUT2D eigenvalue weighted by Gasteiger charge is -2.27. The Labute approximate surface area is 166 Å². The van der Waals surface area contributed by atoms with Crippen molar-refractivity contribution in [2.75, 3.05) is 13.6 Å². The third-order valence-electron chi connectivity index (χ3n) is 4.79. The number of carbonyl (C=O) groups excluding carboxylic acids is 1. The number of fused-ring (bicyclic) bond motifs is 2. The molecule has 0 fully saturated rings. The Balaban J connectivity index is 2.02. The molecule has 4 rings (SSSR count). The summed E-state index contributed by atoms with van der Waals surface area (Å²) in [6.45, 7) is 1.25. The van der Waals surface area contributed by atoms with Gasteiger partial charge in [0.1, 0.15) is 13.1 Å². The van der Waals surface area contributed by atoms with Crippen molar-refractivity contribution >= 4 is 51.7 Å². The molecule has 2 aromatic carbocycles. The number of carbonyl (C=O) groups is 1. The molecular weight excluding hydrogens is 383 g/mol. The number of carboxylic acid groups (broad SMARTS) is 1. The van der Waals surface area contributed by atoms with E-state index >= 15 is 0 Å². The fraction of sp³-hybridized carbons (Fsp3) is 0.143. The number of para-hydroxylation sites is 1. The predicted octanol–water partition coefficient (Wildman–Crippen LogP) is 2.47. The van der Waals surface area contributed by atoms with Gasteiger partial charge in [0.2, 0.25) is 0 Å². The summed E-state index contributed by atoms with van der Waals surface area (Å²) in [5.74, 6) is -1.19. The molecule has 1 unspecified atom stereocenters. The van der Waals surface area contributed by atoms with Gasteiger partial charge in [-0.3, -0.25) is 0 Å². The van der Waals surface area contributed by atoms with E-state index in [2.05, 4.69) is 0 Å². The number of likely N-dealkylation sites (N-methyl/N-ethyl adjacent to an activating group) is 1. The first-order valence-electron chi connectivity index (χ1n) is 8.55. The molecule has 0 bridgehead atoms. The standard InChI is InChI=1S/C21H16Cl2N2O2/c1-25-10-12(9-14-16(22)6-4-7-17(14)23)20-15(11-25)19(21(26)27)13-5-2-3-8-18(13)24-20/h2-9H,10-11H2,1H3,(H,26,27)/b12-9+. The van der Waals surface area contributed by atoms with Crippen LogP contribution in [0.5, 0.6) is 0 Å². The zero-order chi connectivity index (χ0) is 19.1. The number of carboxylic acids is 1. The van der Waals surface area contributed by atoms with Gasteiger partial charge < -0.3 is 14.8 Å². The summed E-state index contributed by atoms with van der Waals surface area (Å²) in [6, 6.07) is 12.6. The normalized spacial score (nSPS) is 17.9. The number of halogens is 2. The van der Waals surface area contributed by atoms with Gasteiger partial charge in [-0.15, -0.1) is 0 Å². The first-order valence-corrected chi connectivity index (χ1v) is 9.30. The maximum atomic E-state index is 12.0. The van der Waals surface area contributed by atoms with E-state index in [4.69, 9.17) is 28.2 Å². The summed E-state index contributed by atoms with van der Waals surface area (Å²) < 4.78 is 0. The summed E-state index contributed by atoms with van der Waals surface area (Å²) in [5.41, 5.74) is 3.82. The van der Waals surface area contributed by atoms with Crippen molar-refractivity contribution in [3.05, 3.63) is 74.9 Å². The first kappa shape index (κ1) is 18.0. The van der Waals surface area contributed by atoms with Crippen LogP contribution in [0.4, 0.5) is 0 Å². The largest absolute Gasteiger partial charge is 0.545 e. The molecule has 27 heavy (non-hydrogen) atoms. The Kier molecular flexibility index (Phi) is 4.64. The van der Waals surface area contributed by atoms with Crippen LogP contribution in [-0.4, -0.2) is 24.5 Å². The van der Waals surface area contributed by atoms with Crippen molar-refractivity contribution in [1.29, 1.82) is 0 Å². The zero-order valence-corrected chi connectivity index (χ0v) is 16.1. The van der Waals surface area contributed by atoms with E-state index in [1.807, 2.05) is 31.3 Å². The number of rotatable bonds is 2. The number of nitrogens with zero attached hydrogens (tertiary/aromatic N) is 1. The summed E-state index contributed by atoms with van der Waals surface area (Å²) in [5, 5.41) is 13.6. The number of aromatic nitrogens is 1. The molecule has 0 saturated carbocycles. The highest BCUT2D eigenvalue weighted by Crippen LogP contribution is 2.32. The van der Waals surface area contributed by atoms with Crippen LogP contribution < -0.4 is 10.0 Å². The second-order valence-corrected chi connectivity index (χ2v) is 7.55. The molecule has 0 radical (unpaired) electrons. The van der Waals surface area contributed by atoms with Crippen LogP contribution in [0.1, 0.15) is 27.2 Å². The Morgan fingerprint density at radius 3 is 2.52 bits per heavy atom. The van der Waals surface area contributed by atoms with Gasteiger partial charge >= 0.3 is 0 Å². The second-order valence-electron chi connectivity index (χ2n) is 6.73. The van der Waals surface area contributed by atoms with Crippen LogP contribution in [0.25, 0.3) is 22.6 Å². The lowest BCUT2D eigenvalue weighted by Crippen LogP contribution is -3.08. The first-order chi connectivity index (χ1) is 13.0. The number of pyridine rings is 1. The van der Waals surface area contributed by atoms with E-state index in [0.29, 0.717) is 50.9 Å². The van der Waals surface area contributed by atoms with Crippen LogP contribution in [0, 0.1) is 0 Å². The van der Waals surface area contributed by atoms with E-state index in [1.165, 1.54) is 0 Å². The molecule has 1 atom stereocenters. The van der Waals surface area contributed by atoms with Gasteiger partial charge in [-0.2, -0.15) is 0 Å². The van der Waals surface area contributed by atoms with Crippen LogP contribution in [-0.2, 0) is 6.54 Å². The van der Waals surface area contributed by atoms with Crippen LogP contribution in [0.3, 0.4) is 0 Å². The van der Waals surface area contributed by atoms with Crippen LogP contribution in [0.2, 0.25) is 10.0 Å². The van der Waals surface area contributed by atoms with Crippen molar-refractivity contribution in [2.24, 2.45) is 0 Å². The van der Waals surface area contributed by atoms with E-state index in [-0.39, 0.29) is 5.56 Å². The molecule has 0 amide bonds. The molecule has 0 aliphatic carbocycles. The molecule has 2 heterocycles. The highest BCUT2D eigenvalue weighted by molar-refractivity contribution is 6.37. The van der Waals surface area contributed by atoms with Crippen molar-refractivity contribution in [3.8, 4) is 0 Å². The van der Waals surface area contributed by atoms with Crippen molar-refractivity contribution < 1.29 is 14.8 Å². The quantitative estimate of drug-likeness (QED) is 0.721. The predicted molar refractivity (Wildman–Crippen MR) is 106 cm³/mol. The fourth-order valence-corrected chi connectivity index (χ4v) is 4.14. The van der Waals surface area contributed by atoms with E-state index in [0.717, 1.165) is 10.5 Å². The Bertz CT molecular complexity index is 1090. The maximum absolute atomic E-state index is 12.0. The number of aromatic carboxylic acids is 1. The smallest absolute Gasteiger partial charge is 0.106 e. The number of nitrogens with one attached hydrogen (secondary N) is 1. The highest BCUT2D eigenvalue weighted by Gasteiger charge is 2.27. The minimum Gasteiger partial charge on any atom is -0.545 e. The molecule has 3 aromatic rings. The van der Waals surface area contributed by atoms with Crippen molar-refractivity contribution in [1.82, 2.24) is 4.98 Å². The number of benzene rings is 2. The average Bonchev–Trinajstić information content (AvgIpc) is 2.62. The lowest BCUT2D eigenvalue weighted by atomic mass is 9.92. The zero-order valence-electron chi connectivity index (χ0n) is 14.6. The fourth-order valence-electron chi connectivity index (χ4n) is 3.64. The number of hydrogen-bond donors (Lipinski definition) is 1. The van der Waals surface area contributed by atoms with E-state index in [1.54, 1.807) is 24.3 Å². The van der Waals surface area contributed by atoms with Gasteiger partial charge in [-0.05, 0) is 24.3 Å². The van der Waals surface area contributed by atoms with Crippen LogP contribution >= 0.6 is 23.2 Å². The third kappa shape index (κ3) is 3.21. The average molecular weight is 399 g/mol. The molecular formula is C21H16Cl2N2O2. The number of hydrogen-bond acceptors (Lipinski definition) is 3. The molecule has 0 spiro atoms. The van der Waals surface area contributed by atoms with E-state index < -0.39 is 5.97 Å². The maximum Gasteiger partial charge on any atom is 0.106 e. The monoisotopic (exact) mass is 398 g/mol. The second kappa shape index (κ2) is 6.97. The Hall–Kier alpha value is -2.40. The summed E-state index contributed by atoms with van der Waals surface area (Å²) in [7, 11) is 2.01. The molecule has 1 aliphatic heterocycles. The number of quaternary nitrogens is 1. The van der Waals surface area contributed by atoms with Gasteiger partial charge in [-0.1, -0.05) is 47.5 Å². The van der Waals surface area contributed by atoms with Gasteiger partial charge in [0.15, 0.2) is 0 Å². The molecule has 4 nitrogen and oxygen atoms in total. The van der Waals surface area contributed by atoms with E-state index in [9.17, 15) is 9.90 Å².